The van der Waals surface area contributed by atoms with Gasteiger partial charge in [0, 0.05) is 12.1 Å². The van der Waals surface area contributed by atoms with Gasteiger partial charge < -0.3 is 4.84 Å². The van der Waals surface area contributed by atoms with Crippen molar-refractivity contribution in [3.8, 4) is 0 Å². The van der Waals surface area contributed by atoms with Crippen molar-refractivity contribution in [2.45, 2.75) is 19.3 Å². The van der Waals surface area contributed by atoms with Crippen LogP contribution < -0.4 is 5.90 Å². The van der Waals surface area contributed by atoms with Crippen LogP contribution in [0.15, 0.2) is 12.3 Å². The molecular formula is C8H14N2O3. The number of carbonyl (C=O) groups is 1. The first kappa shape index (κ1) is 10.2. The smallest absolute Gasteiger partial charge is 0.250 e. The quantitative estimate of drug-likeness (QED) is 0.496. The van der Waals surface area contributed by atoms with Crippen LogP contribution in [0, 0.1) is 0 Å². The van der Waals surface area contributed by atoms with Gasteiger partial charge in [-0.1, -0.05) is 6.58 Å². The van der Waals surface area contributed by atoms with Crippen molar-refractivity contribution in [2.75, 3.05) is 13.2 Å². The molecule has 1 aliphatic rings. The Labute approximate surface area is 77.0 Å². The lowest BCUT2D eigenvalue weighted by atomic mass is 10.3. The lowest BCUT2D eigenvalue weighted by Gasteiger charge is -2.15. The Kier molecular flexibility index (Phi) is 3.88. The van der Waals surface area contributed by atoms with Crippen molar-refractivity contribution in [1.29, 1.82) is 0 Å². The summed E-state index contributed by atoms with van der Waals surface area (Å²) in [6.45, 7) is 4.55. The van der Waals surface area contributed by atoms with Crippen LogP contribution >= 0.6 is 0 Å². The standard InChI is InChI=1S/C8H14N2O3/c1-7-3-4-8(11)10(7)13-6-2-5-12-9/h1-6,9H2. The van der Waals surface area contributed by atoms with Crippen molar-refractivity contribution in [3.63, 3.8) is 0 Å². The van der Waals surface area contributed by atoms with Gasteiger partial charge in [-0.3, -0.25) is 9.63 Å². The number of allylic oxidation sites excluding steroid dienone is 1. The highest BCUT2D eigenvalue weighted by molar-refractivity contribution is 5.79. The van der Waals surface area contributed by atoms with Gasteiger partial charge in [0.15, 0.2) is 0 Å². The van der Waals surface area contributed by atoms with E-state index < -0.39 is 0 Å². The minimum absolute atomic E-state index is 0.0290. The molecule has 0 unspecified atom stereocenters. The summed E-state index contributed by atoms with van der Waals surface area (Å²) in [6, 6.07) is 0. The maximum absolute atomic E-state index is 11.1. The minimum Gasteiger partial charge on any atom is -0.305 e. The number of amides is 1. The molecule has 1 rings (SSSR count). The molecule has 0 aromatic rings. The van der Waals surface area contributed by atoms with Gasteiger partial charge in [0.1, 0.15) is 0 Å². The van der Waals surface area contributed by atoms with Gasteiger partial charge in [-0.05, 0) is 12.8 Å². The number of nitrogens with two attached hydrogens (primary N) is 1. The van der Waals surface area contributed by atoms with Crippen LogP contribution in [0.3, 0.4) is 0 Å². The SMILES string of the molecule is C=C1CCC(=O)N1OCCCON. The molecule has 1 heterocycles. The number of hydroxylamine groups is 2. The maximum Gasteiger partial charge on any atom is 0.250 e. The van der Waals surface area contributed by atoms with E-state index in [1.54, 1.807) is 0 Å². The molecule has 0 saturated carbocycles. The van der Waals surface area contributed by atoms with Gasteiger partial charge in [-0.2, -0.15) is 5.06 Å². The molecule has 0 spiro atoms. The Hall–Kier alpha value is -0.910. The molecule has 0 aromatic heterocycles. The molecule has 0 bridgehead atoms. The summed E-state index contributed by atoms with van der Waals surface area (Å²) in [5, 5.41) is 1.26. The lowest BCUT2D eigenvalue weighted by Crippen LogP contribution is -2.24. The summed E-state index contributed by atoms with van der Waals surface area (Å²) < 4.78 is 0. The van der Waals surface area contributed by atoms with Crippen LogP contribution in [0.4, 0.5) is 0 Å². The van der Waals surface area contributed by atoms with E-state index in [-0.39, 0.29) is 5.91 Å². The third-order valence-electron chi connectivity index (χ3n) is 1.77. The van der Waals surface area contributed by atoms with Gasteiger partial charge in [0.05, 0.1) is 13.2 Å². The Morgan fingerprint density at radius 2 is 2.23 bits per heavy atom. The van der Waals surface area contributed by atoms with E-state index in [1.165, 1.54) is 5.06 Å². The van der Waals surface area contributed by atoms with Gasteiger partial charge in [0.2, 0.25) is 0 Å². The summed E-state index contributed by atoms with van der Waals surface area (Å²) in [4.78, 5) is 20.7. The van der Waals surface area contributed by atoms with Crippen molar-refractivity contribution in [1.82, 2.24) is 5.06 Å². The number of hydrogen-bond acceptors (Lipinski definition) is 4. The Morgan fingerprint density at radius 1 is 1.46 bits per heavy atom. The van der Waals surface area contributed by atoms with Gasteiger partial charge in [-0.25, -0.2) is 5.90 Å². The molecule has 1 saturated heterocycles. The zero-order chi connectivity index (χ0) is 9.68. The van der Waals surface area contributed by atoms with E-state index in [0.29, 0.717) is 32.5 Å². The van der Waals surface area contributed by atoms with E-state index in [9.17, 15) is 4.79 Å². The maximum atomic E-state index is 11.1. The fraction of sp³-hybridized carbons (Fsp3) is 0.625. The van der Waals surface area contributed by atoms with E-state index in [1.807, 2.05) is 0 Å². The number of rotatable bonds is 5. The van der Waals surface area contributed by atoms with Crippen molar-refractivity contribution >= 4 is 5.91 Å². The monoisotopic (exact) mass is 186 g/mol. The van der Waals surface area contributed by atoms with Gasteiger partial charge in [-0.15, -0.1) is 0 Å². The molecule has 1 aliphatic heterocycles. The predicted molar refractivity (Wildman–Crippen MR) is 45.9 cm³/mol. The largest absolute Gasteiger partial charge is 0.305 e. The van der Waals surface area contributed by atoms with Crippen LogP contribution in [0.25, 0.3) is 0 Å². The van der Waals surface area contributed by atoms with Gasteiger partial charge >= 0.3 is 0 Å². The van der Waals surface area contributed by atoms with Crippen LogP contribution in [-0.4, -0.2) is 24.2 Å². The minimum atomic E-state index is -0.0290. The third-order valence-corrected chi connectivity index (χ3v) is 1.77. The highest BCUT2D eigenvalue weighted by Crippen LogP contribution is 2.20. The Balaban J connectivity index is 2.20. The molecule has 0 aromatic carbocycles. The molecule has 0 radical (unpaired) electrons. The summed E-state index contributed by atoms with van der Waals surface area (Å²) in [5.41, 5.74) is 0.721. The fourth-order valence-corrected chi connectivity index (χ4v) is 1.09. The molecule has 0 atom stereocenters. The van der Waals surface area contributed by atoms with E-state index in [4.69, 9.17) is 10.7 Å². The zero-order valence-corrected chi connectivity index (χ0v) is 7.49. The average molecular weight is 186 g/mol. The molecule has 0 aliphatic carbocycles. The Bertz CT molecular complexity index is 190. The second kappa shape index (κ2) is 4.96. The topological polar surface area (TPSA) is 64.8 Å². The summed E-state index contributed by atoms with van der Waals surface area (Å²) in [5.74, 6) is 4.79. The average Bonchev–Trinajstić information content (AvgIpc) is 2.42. The Morgan fingerprint density at radius 3 is 2.77 bits per heavy atom. The first-order valence-electron chi connectivity index (χ1n) is 4.21. The van der Waals surface area contributed by atoms with Crippen LogP contribution in [0.2, 0.25) is 0 Å². The fourth-order valence-electron chi connectivity index (χ4n) is 1.09. The van der Waals surface area contributed by atoms with E-state index in [2.05, 4.69) is 11.4 Å². The number of nitrogens with zero attached hydrogens (tertiary/aromatic N) is 1. The molecule has 1 amide bonds. The second-order valence-electron chi connectivity index (χ2n) is 2.81. The predicted octanol–water partition coefficient (Wildman–Crippen LogP) is 0.335. The number of hydrogen-bond donors (Lipinski definition) is 1. The van der Waals surface area contributed by atoms with Crippen LogP contribution in [-0.2, 0) is 14.5 Å². The highest BCUT2D eigenvalue weighted by atomic mass is 16.7. The van der Waals surface area contributed by atoms with Crippen LogP contribution in [0.5, 0.6) is 0 Å². The number of carbonyl (C=O) groups excluding carboxylic acids is 1. The third kappa shape index (κ3) is 2.80. The molecule has 74 valence electrons. The zero-order valence-electron chi connectivity index (χ0n) is 7.49. The first-order valence-corrected chi connectivity index (χ1v) is 4.21. The summed E-state index contributed by atoms with van der Waals surface area (Å²) in [6.07, 6.45) is 1.84. The summed E-state index contributed by atoms with van der Waals surface area (Å²) in [7, 11) is 0. The first-order chi connectivity index (χ1) is 6.25. The van der Waals surface area contributed by atoms with Crippen molar-refractivity contribution in [2.24, 2.45) is 5.90 Å². The lowest BCUT2D eigenvalue weighted by molar-refractivity contribution is -0.169. The molecule has 2 N–H and O–H groups in total. The normalized spacial score (nSPS) is 17.2. The molecular weight excluding hydrogens is 172 g/mol. The molecule has 13 heavy (non-hydrogen) atoms. The molecule has 1 fully saturated rings. The molecule has 5 nitrogen and oxygen atoms in total. The van der Waals surface area contributed by atoms with Crippen molar-refractivity contribution in [3.05, 3.63) is 12.3 Å². The van der Waals surface area contributed by atoms with E-state index in [0.717, 1.165) is 5.70 Å². The molecule has 5 heteroatoms. The second-order valence-corrected chi connectivity index (χ2v) is 2.81. The summed E-state index contributed by atoms with van der Waals surface area (Å²) >= 11 is 0. The van der Waals surface area contributed by atoms with Gasteiger partial charge in [0.25, 0.3) is 5.91 Å². The highest BCUT2D eigenvalue weighted by Gasteiger charge is 2.24. The van der Waals surface area contributed by atoms with E-state index >= 15 is 0 Å². The van der Waals surface area contributed by atoms with Crippen LogP contribution in [0.1, 0.15) is 19.3 Å². The van der Waals surface area contributed by atoms with Crippen molar-refractivity contribution < 1.29 is 14.5 Å².